The summed E-state index contributed by atoms with van der Waals surface area (Å²) in [7, 11) is 0. The van der Waals surface area contributed by atoms with Gasteiger partial charge in [-0.25, -0.2) is 0 Å². The number of nitrogens with zero attached hydrogens (tertiary/aromatic N) is 3. The number of benzene rings is 1. The maximum Gasteiger partial charge on any atom is 0.573 e. The van der Waals surface area contributed by atoms with Crippen LogP contribution >= 0.6 is 0 Å². The number of carbonyl (C=O) groups excluding carboxylic acids is 2. The zero-order valence-corrected chi connectivity index (χ0v) is 19.3. The Morgan fingerprint density at radius 3 is 2.15 bits per heavy atom. The first-order chi connectivity index (χ1) is 16.1. The van der Waals surface area contributed by atoms with E-state index in [9.17, 15) is 22.8 Å². The molecule has 2 fully saturated rings. The van der Waals surface area contributed by atoms with Gasteiger partial charge in [0, 0.05) is 54.9 Å². The fraction of sp³-hybridized carbons (Fsp3) is 0.500. The summed E-state index contributed by atoms with van der Waals surface area (Å²) < 4.78 is 43.0. The van der Waals surface area contributed by atoms with E-state index in [1.807, 2.05) is 24.5 Å². The van der Waals surface area contributed by atoms with Crippen LogP contribution in [0.3, 0.4) is 0 Å². The average molecular weight is 479 g/mol. The van der Waals surface area contributed by atoms with Crippen LogP contribution in [0.2, 0.25) is 0 Å². The fourth-order valence-electron chi connectivity index (χ4n) is 4.34. The molecule has 0 atom stereocenters. The summed E-state index contributed by atoms with van der Waals surface area (Å²) >= 11 is 0. The minimum Gasteiger partial charge on any atom is -0.406 e. The van der Waals surface area contributed by atoms with Crippen LogP contribution in [0, 0.1) is 13.8 Å². The van der Waals surface area contributed by atoms with Gasteiger partial charge in [-0.05, 0) is 57.0 Å². The molecule has 0 spiro atoms. The molecule has 0 unspecified atom stereocenters. The third-order valence-electron chi connectivity index (χ3n) is 6.20. The second kappa shape index (κ2) is 9.79. The number of ketones is 1. The smallest absolute Gasteiger partial charge is 0.406 e. The maximum atomic E-state index is 13.1. The number of hydrogen-bond acceptors (Lipinski definition) is 5. The number of aryl methyl sites for hydroxylation is 1. The molecule has 1 aromatic carbocycles. The maximum absolute atomic E-state index is 13.1. The monoisotopic (exact) mass is 478 g/mol. The van der Waals surface area contributed by atoms with Gasteiger partial charge in [0.05, 0.1) is 13.1 Å². The van der Waals surface area contributed by atoms with Gasteiger partial charge in [0.2, 0.25) is 5.91 Å². The molecule has 4 rings (SSSR count). The lowest BCUT2D eigenvalue weighted by molar-refractivity contribution is -0.274. The fourth-order valence-corrected chi connectivity index (χ4v) is 4.34. The van der Waals surface area contributed by atoms with Crippen LogP contribution in [-0.2, 0) is 4.79 Å². The van der Waals surface area contributed by atoms with Gasteiger partial charge in [0.15, 0.2) is 5.78 Å². The number of hydrogen-bond donors (Lipinski definition) is 1. The highest BCUT2D eigenvalue weighted by molar-refractivity contribution is 5.99. The second-order valence-electron chi connectivity index (χ2n) is 8.98. The van der Waals surface area contributed by atoms with Gasteiger partial charge >= 0.3 is 6.36 Å². The third-order valence-corrected chi connectivity index (χ3v) is 6.20. The molecule has 2 heterocycles. The predicted octanol–water partition coefficient (Wildman–Crippen LogP) is 3.07. The molecule has 1 N–H and O–H groups in total. The third kappa shape index (κ3) is 6.18. The number of aromatic nitrogens is 1. The number of halogens is 3. The van der Waals surface area contributed by atoms with Gasteiger partial charge in [0.25, 0.3) is 0 Å². The molecule has 2 aromatic rings. The molecule has 2 aliphatic rings. The molecular weight excluding hydrogens is 449 g/mol. The highest BCUT2D eigenvalue weighted by Crippen LogP contribution is 2.26. The molecule has 7 nitrogen and oxygen atoms in total. The van der Waals surface area contributed by atoms with Crippen molar-refractivity contribution in [1.29, 1.82) is 0 Å². The molecule has 0 radical (unpaired) electrons. The van der Waals surface area contributed by atoms with Crippen molar-refractivity contribution in [2.24, 2.45) is 0 Å². The van der Waals surface area contributed by atoms with Crippen LogP contribution < -0.4 is 10.1 Å². The summed E-state index contributed by atoms with van der Waals surface area (Å²) in [6.45, 7) is 7.25. The van der Waals surface area contributed by atoms with E-state index < -0.39 is 6.36 Å². The summed E-state index contributed by atoms with van der Waals surface area (Å²) in [4.78, 5) is 29.2. The molecule has 34 heavy (non-hydrogen) atoms. The Kier molecular flexibility index (Phi) is 6.99. The van der Waals surface area contributed by atoms with Gasteiger partial charge in [-0.15, -0.1) is 13.2 Å². The highest BCUT2D eigenvalue weighted by Gasteiger charge is 2.31. The number of ether oxygens (including phenoxy) is 1. The summed E-state index contributed by atoms with van der Waals surface area (Å²) in [5.41, 5.74) is 2.81. The molecule has 10 heteroatoms. The normalized spacial score (nSPS) is 17.6. The molecule has 1 aliphatic heterocycles. The number of alkyl halides is 3. The van der Waals surface area contributed by atoms with Gasteiger partial charge in [-0.2, -0.15) is 0 Å². The van der Waals surface area contributed by atoms with Crippen molar-refractivity contribution >= 4 is 11.7 Å². The van der Waals surface area contributed by atoms with Gasteiger partial charge < -0.3 is 14.6 Å². The Morgan fingerprint density at radius 2 is 1.59 bits per heavy atom. The van der Waals surface area contributed by atoms with Gasteiger partial charge in [-0.3, -0.25) is 19.4 Å². The Morgan fingerprint density at radius 1 is 1.00 bits per heavy atom. The first-order valence-corrected chi connectivity index (χ1v) is 11.4. The first-order valence-electron chi connectivity index (χ1n) is 11.4. The molecule has 1 aliphatic carbocycles. The van der Waals surface area contributed by atoms with Crippen molar-refractivity contribution in [1.82, 2.24) is 19.7 Å². The topological polar surface area (TPSA) is 66.8 Å². The van der Waals surface area contributed by atoms with Gasteiger partial charge in [0.1, 0.15) is 5.75 Å². The lowest BCUT2D eigenvalue weighted by Gasteiger charge is -2.33. The summed E-state index contributed by atoms with van der Waals surface area (Å²) in [6.07, 6.45) is -2.60. The molecule has 184 valence electrons. The van der Waals surface area contributed by atoms with Crippen molar-refractivity contribution in [3.8, 4) is 11.4 Å². The van der Waals surface area contributed by atoms with Crippen molar-refractivity contribution in [2.75, 3.05) is 39.3 Å². The van der Waals surface area contributed by atoms with E-state index in [0.29, 0.717) is 36.9 Å². The van der Waals surface area contributed by atoms with Crippen LogP contribution in [0.5, 0.6) is 5.75 Å². The Labute approximate surface area is 196 Å². The Balaban J connectivity index is 1.34. The molecule has 1 amide bonds. The van der Waals surface area contributed by atoms with Crippen LogP contribution in [0.4, 0.5) is 13.2 Å². The standard InChI is InChI=1S/C24H29F3N4O3/c1-16-13-21(17(2)31(16)19-5-7-20(8-6-19)34-24(25,26)27)22(32)14-29-9-11-30(12-10-29)15-23(33)28-18-3-4-18/h5-8,13,18H,3-4,9-12,14-15H2,1-2H3,(H,28,33). The van der Waals surface area contributed by atoms with Crippen LogP contribution in [0.1, 0.15) is 34.6 Å². The highest BCUT2D eigenvalue weighted by atomic mass is 19.4. The van der Waals surface area contributed by atoms with Crippen LogP contribution in [0.25, 0.3) is 5.69 Å². The van der Waals surface area contributed by atoms with E-state index >= 15 is 0 Å². The van der Waals surface area contributed by atoms with E-state index in [-0.39, 0.29) is 24.0 Å². The SMILES string of the molecule is Cc1cc(C(=O)CN2CCN(CC(=O)NC3CC3)CC2)c(C)n1-c1ccc(OC(F)(F)F)cc1. The number of nitrogens with one attached hydrogen (secondary N) is 1. The van der Waals surface area contributed by atoms with E-state index in [1.54, 1.807) is 0 Å². The van der Waals surface area contributed by atoms with Crippen molar-refractivity contribution in [2.45, 2.75) is 39.1 Å². The molecule has 0 bridgehead atoms. The quantitative estimate of drug-likeness (QED) is 0.591. The molecular formula is C24H29F3N4O3. The number of rotatable bonds is 8. The van der Waals surface area contributed by atoms with Crippen molar-refractivity contribution in [3.63, 3.8) is 0 Å². The first kappa shape index (κ1) is 24.3. The predicted molar refractivity (Wildman–Crippen MR) is 120 cm³/mol. The number of amides is 1. The van der Waals surface area contributed by atoms with Crippen molar-refractivity contribution in [3.05, 3.63) is 47.3 Å². The largest absolute Gasteiger partial charge is 0.573 e. The minimum atomic E-state index is -4.74. The Hall–Kier alpha value is -2.85. The number of Topliss-reactive ketones (excluding diaryl/α,β-unsaturated/α-hetero) is 1. The van der Waals surface area contributed by atoms with E-state index in [0.717, 1.165) is 37.3 Å². The zero-order chi connectivity index (χ0) is 24.5. The zero-order valence-electron chi connectivity index (χ0n) is 19.3. The summed E-state index contributed by atoms with van der Waals surface area (Å²) in [5, 5.41) is 3.00. The average Bonchev–Trinajstić information content (AvgIpc) is 3.51. The van der Waals surface area contributed by atoms with Crippen LogP contribution in [-0.4, -0.2) is 77.7 Å². The molecule has 1 aromatic heterocycles. The molecule has 1 saturated heterocycles. The van der Waals surface area contributed by atoms with Crippen LogP contribution in [0.15, 0.2) is 30.3 Å². The number of carbonyl (C=O) groups is 2. The summed E-state index contributed by atoms with van der Waals surface area (Å²) in [6, 6.07) is 7.76. The van der Waals surface area contributed by atoms with E-state index in [1.165, 1.54) is 24.3 Å². The lowest BCUT2D eigenvalue weighted by Crippen LogP contribution is -2.50. The summed E-state index contributed by atoms with van der Waals surface area (Å²) in [5.74, 6) is -0.229. The Bertz CT molecular complexity index is 1040. The van der Waals surface area contributed by atoms with Gasteiger partial charge in [-0.1, -0.05) is 0 Å². The van der Waals surface area contributed by atoms with E-state index in [4.69, 9.17) is 0 Å². The minimum absolute atomic E-state index is 0.00342. The second-order valence-corrected chi connectivity index (χ2v) is 8.98. The van der Waals surface area contributed by atoms with E-state index in [2.05, 4.69) is 19.9 Å². The lowest BCUT2D eigenvalue weighted by atomic mass is 10.1. The van der Waals surface area contributed by atoms with Crippen molar-refractivity contribution < 1.29 is 27.5 Å². The molecule has 1 saturated carbocycles. The number of piperazine rings is 1.